The van der Waals surface area contributed by atoms with Gasteiger partial charge in [-0.3, -0.25) is 4.79 Å². The molecule has 0 saturated heterocycles. The molecular formula is C16H20FNO2. The van der Waals surface area contributed by atoms with E-state index in [1.165, 1.54) is 11.6 Å². The van der Waals surface area contributed by atoms with Crippen LogP contribution >= 0.6 is 0 Å². The molecule has 1 aromatic carbocycles. The fraction of sp³-hybridized carbons (Fsp3) is 0.438. The minimum Gasteiger partial charge on any atom is -0.507 e. The number of phenols is 1. The molecule has 0 unspecified atom stereocenters. The van der Waals surface area contributed by atoms with Crippen LogP contribution in [0, 0.1) is 11.2 Å². The zero-order chi connectivity index (χ0) is 14.9. The third kappa shape index (κ3) is 3.00. The first kappa shape index (κ1) is 14.6. The summed E-state index contributed by atoms with van der Waals surface area (Å²) in [6.45, 7) is 7.54. The Morgan fingerprint density at radius 3 is 2.60 bits per heavy atom. The maximum absolute atomic E-state index is 13.2. The number of rotatable bonds is 1. The van der Waals surface area contributed by atoms with Gasteiger partial charge in [-0.2, -0.15) is 0 Å². The molecule has 0 aromatic heterocycles. The van der Waals surface area contributed by atoms with Crippen molar-refractivity contribution < 1.29 is 14.3 Å². The van der Waals surface area contributed by atoms with Crippen LogP contribution in [0.2, 0.25) is 0 Å². The summed E-state index contributed by atoms with van der Waals surface area (Å²) in [5.41, 5.74) is 1.46. The number of hydrogen-bond donors (Lipinski definition) is 1. The zero-order valence-electron chi connectivity index (χ0n) is 12.1. The van der Waals surface area contributed by atoms with Crippen molar-refractivity contribution in [1.82, 2.24) is 4.90 Å². The molecule has 0 aliphatic carbocycles. The Morgan fingerprint density at radius 1 is 1.35 bits per heavy atom. The first-order chi connectivity index (χ1) is 9.29. The average Bonchev–Trinajstić information content (AvgIpc) is 2.40. The van der Waals surface area contributed by atoms with Crippen LogP contribution in [-0.4, -0.2) is 29.0 Å². The Bertz CT molecular complexity index is 558. The summed E-state index contributed by atoms with van der Waals surface area (Å²) >= 11 is 0. The third-order valence-corrected chi connectivity index (χ3v) is 3.65. The molecule has 0 spiro atoms. The van der Waals surface area contributed by atoms with Gasteiger partial charge in [-0.25, -0.2) is 4.39 Å². The Hall–Kier alpha value is -1.84. The lowest BCUT2D eigenvalue weighted by Crippen LogP contribution is -2.36. The quantitative estimate of drug-likeness (QED) is 0.800. The molecular weight excluding hydrogens is 257 g/mol. The number of aromatic hydroxyl groups is 1. The van der Waals surface area contributed by atoms with Crippen molar-refractivity contribution in [3.63, 3.8) is 0 Å². The van der Waals surface area contributed by atoms with Gasteiger partial charge < -0.3 is 10.0 Å². The molecule has 0 fully saturated rings. The van der Waals surface area contributed by atoms with E-state index in [1.807, 2.05) is 0 Å². The zero-order valence-corrected chi connectivity index (χ0v) is 12.1. The van der Waals surface area contributed by atoms with Crippen molar-refractivity contribution in [3.8, 4) is 5.75 Å². The van der Waals surface area contributed by atoms with E-state index < -0.39 is 5.82 Å². The molecule has 1 N–H and O–H groups in total. The Morgan fingerprint density at radius 2 is 2.05 bits per heavy atom. The summed E-state index contributed by atoms with van der Waals surface area (Å²) in [5.74, 6) is -1.03. The highest BCUT2D eigenvalue weighted by atomic mass is 19.1. The summed E-state index contributed by atoms with van der Waals surface area (Å²) in [5, 5.41) is 9.69. The molecule has 3 nitrogen and oxygen atoms in total. The SMILES string of the molecule is CC(C)(C)C1=CCN(C(=O)c2cc(F)ccc2O)CC1. The normalized spacial score (nSPS) is 16.0. The fourth-order valence-corrected chi connectivity index (χ4v) is 2.38. The lowest BCUT2D eigenvalue weighted by atomic mass is 9.83. The van der Waals surface area contributed by atoms with Gasteiger partial charge in [-0.1, -0.05) is 32.4 Å². The number of carbonyl (C=O) groups excluding carboxylic acids is 1. The molecule has 1 aromatic rings. The predicted molar refractivity (Wildman–Crippen MR) is 76.1 cm³/mol. The summed E-state index contributed by atoms with van der Waals surface area (Å²) in [6, 6.07) is 3.43. The Labute approximate surface area is 118 Å². The van der Waals surface area contributed by atoms with Crippen LogP contribution < -0.4 is 0 Å². The number of phenolic OH excluding ortho intramolecular Hbond substituents is 1. The molecule has 0 saturated carbocycles. The van der Waals surface area contributed by atoms with Crippen molar-refractivity contribution >= 4 is 5.91 Å². The standard InChI is InChI=1S/C16H20FNO2/c1-16(2,3)11-6-8-18(9-7-11)15(20)13-10-12(17)4-5-14(13)19/h4-6,10,19H,7-9H2,1-3H3. The smallest absolute Gasteiger partial charge is 0.258 e. The molecule has 1 aliphatic rings. The van der Waals surface area contributed by atoms with Crippen molar-refractivity contribution in [3.05, 3.63) is 41.2 Å². The lowest BCUT2D eigenvalue weighted by molar-refractivity contribution is 0.0761. The van der Waals surface area contributed by atoms with Crippen molar-refractivity contribution in [1.29, 1.82) is 0 Å². The largest absolute Gasteiger partial charge is 0.507 e. The van der Waals surface area contributed by atoms with Crippen LogP contribution in [0.3, 0.4) is 0 Å². The minimum absolute atomic E-state index is 0.0256. The molecule has 0 radical (unpaired) electrons. The van der Waals surface area contributed by atoms with Crippen LogP contribution in [0.4, 0.5) is 4.39 Å². The van der Waals surface area contributed by atoms with E-state index in [9.17, 15) is 14.3 Å². The Kier molecular flexibility index (Phi) is 3.84. The predicted octanol–water partition coefficient (Wildman–Crippen LogP) is 3.35. The number of benzene rings is 1. The highest BCUT2D eigenvalue weighted by molar-refractivity contribution is 5.97. The maximum Gasteiger partial charge on any atom is 0.258 e. The van der Waals surface area contributed by atoms with E-state index in [-0.39, 0.29) is 22.6 Å². The number of hydrogen-bond acceptors (Lipinski definition) is 2. The van der Waals surface area contributed by atoms with Crippen LogP contribution in [0.25, 0.3) is 0 Å². The van der Waals surface area contributed by atoms with Gasteiger partial charge in [0.25, 0.3) is 5.91 Å². The average molecular weight is 277 g/mol. The molecule has 1 heterocycles. The number of nitrogens with zero attached hydrogens (tertiary/aromatic N) is 1. The summed E-state index contributed by atoms with van der Waals surface area (Å²) in [4.78, 5) is 13.9. The highest BCUT2D eigenvalue weighted by Gasteiger charge is 2.25. The van der Waals surface area contributed by atoms with E-state index in [4.69, 9.17) is 0 Å². The topological polar surface area (TPSA) is 40.5 Å². The second-order valence-corrected chi connectivity index (χ2v) is 6.14. The van der Waals surface area contributed by atoms with E-state index in [1.54, 1.807) is 4.90 Å². The molecule has 108 valence electrons. The first-order valence-corrected chi connectivity index (χ1v) is 6.76. The van der Waals surface area contributed by atoms with Crippen LogP contribution in [0.5, 0.6) is 5.75 Å². The van der Waals surface area contributed by atoms with Gasteiger partial charge in [0, 0.05) is 13.1 Å². The van der Waals surface area contributed by atoms with Crippen LogP contribution in [0.1, 0.15) is 37.6 Å². The molecule has 0 atom stereocenters. The van der Waals surface area contributed by atoms with Crippen molar-refractivity contribution in [2.24, 2.45) is 5.41 Å². The van der Waals surface area contributed by atoms with E-state index in [0.29, 0.717) is 13.1 Å². The van der Waals surface area contributed by atoms with Gasteiger partial charge >= 0.3 is 0 Å². The molecule has 0 bridgehead atoms. The Balaban J connectivity index is 2.17. The second-order valence-electron chi connectivity index (χ2n) is 6.14. The van der Waals surface area contributed by atoms with E-state index >= 15 is 0 Å². The molecule has 1 aliphatic heterocycles. The number of amides is 1. The monoisotopic (exact) mass is 277 g/mol. The first-order valence-electron chi connectivity index (χ1n) is 6.76. The summed E-state index contributed by atoms with van der Waals surface area (Å²) in [6.07, 6.45) is 2.86. The van der Waals surface area contributed by atoms with Crippen molar-refractivity contribution in [2.75, 3.05) is 13.1 Å². The van der Waals surface area contributed by atoms with Gasteiger partial charge in [0.15, 0.2) is 0 Å². The van der Waals surface area contributed by atoms with Gasteiger partial charge in [0.1, 0.15) is 11.6 Å². The van der Waals surface area contributed by atoms with Gasteiger partial charge in [-0.15, -0.1) is 0 Å². The third-order valence-electron chi connectivity index (χ3n) is 3.65. The lowest BCUT2D eigenvalue weighted by Gasteiger charge is -2.32. The van der Waals surface area contributed by atoms with Crippen molar-refractivity contribution in [2.45, 2.75) is 27.2 Å². The van der Waals surface area contributed by atoms with Gasteiger partial charge in [0.05, 0.1) is 5.56 Å². The fourth-order valence-electron chi connectivity index (χ4n) is 2.38. The van der Waals surface area contributed by atoms with Gasteiger partial charge in [-0.05, 0) is 30.0 Å². The van der Waals surface area contributed by atoms with Gasteiger partial charge in [0.2, 0.25) is 0 Å². The molecule has 20 heavy (non-hydrogen) atoms. The number of carbonyl (C=O) groups is 1. The number of halogens is 1. The van der Waals surface area contributed by atoms with E-state index in [2.05, 4.69) is 26.8 Å². The minimum atomic E-state index is -0.519. The summed E-state index contributed by atoms with van der Waals surface area (Å²) in [7, 11) is 0. The highest BCUT2D eigenvalue weighted by Crippen LogP contribution is 2.31. The maximum atomic E-state index is 13.2. The second kappa shape index (κ2) is 5.27. The molecule has 2 rings (SSSR count). The van der Waals surface area contributed by atoms with Crippen LogP contribution in [-0.2, 0) is 0 Å². The molecule has 1 amide bonds. The summed E-state index contributed by atoms with van der Waals surface area (Å²) < 4.78 is 13.2. The molecule has 4 heteroatoms. The van der Waals surface area contributed by atoms with Crippen LogP contribution in [0.15, 0.2) is 29.8 Å². The van der Waals surface area contributed by atoms with E-state index in [0.717, 1.165) is 18.6 Å².